The molecule has 3 heterocycles. The number of fused-ring (bicyclic) bond motifs is 1. The van der Waals surface area contributed by atoms with E-state index in [4.69, 9.17) is 4.74 Å². The van der Waals surface area contributed by atoms with Crippen LogP contribution in [0.2, 0.25) is 0 Å². The molecule has 0 radical (unpaired) electrons. The summed E-state index contributed by atoms with van der Waals surface area (Å²) >= 11 is 1.71. The number of morpholine rings is 1. The summed E-state index contributed by atoms with van der Waals surface area (Å²) < 4.78 is 5.53. The Morgan fingerprint density at radius 3 is 2.80 bits per heavy atom. The van der Waals surface area contributed by atoms with Crippen LogP contribution in [-0.4, -0.2) is 47.7 Å². The van der Waals surface area contributed by atoms with Gasteiger partial charge in [0.2, 0.25) is 0 Å². The monoisotopic (exact) mass is 354 g/mol. The van der Waals surface area contributed by atoms with Crippen LogP contribution < -0.4 is 5.32 Å². The van der Waals surface area contributed by atoms with E-state index >= 15 is 0 Å². The Balaban J connectivity index is 1.57. The number of anilines is 1. The Labute approximate surface area is 151 Å². The third-order valence-electron chi connectivity index (χ3n) is 4.59. The van der Waals surface area contributed by atoms with Gasteiger partial charge in [-0.3, -0.25) is 4.90 Å². The third kappa shape index (κ3) is 3.66. The van der Waals surface area contributed by atoms with Gasteiger partial charge in [-0.05, 0) is 18.6 Å². The summed E-state index contributed by atoms with van der Waals surface area (Å²) in [5.74, 6) is 0.920. The van der Waals surface area contributed by atoms with Gasteiger partial charge in [0.05, 0.1) is 24.6 Å². The molecule has 1 unspecified atom stereocenters. The maximum Gasteiger partial charge on any atom is 0.138 e. The van der Waals surface area contributed by atoms with Gasteiger partial charge in [0.15, 0.2) is 0 Å². The van der Waals surface area contributed by atoms with Crippen molar-refractivity contribution in [1.29, 1.82) is 0 Å². The van der Waals surface area contributed by atoms with Gasteiger partial charge >= 0.3 is 0 Å². The highest BCUT2D eigenvalue weighted by molar-refractivity contribution is 7.18. The van der Waals surface area contributed by atoms with E-state index in [1.54, 1.807) is 17.7 Å². The maximum atomic E-state index is 5.53. The van der Waals surface area contributed by atoms with Crippen LogP contribution >= 0.6 is 11.3 Å². The summed E-state index contributed by atoms with van der Waals surface area (Å²) in [6, 6.07) is 13.1. The molecule has 0 saturated carbocycles. The highest BCUT2D eigenvalue weighted by atomic mass is 32.1. The number of hydrogen-bond donors (Lipinski definition) is 1. The summed E-state index contributed by atoms with van der Waals surface area (Å²) in [5.41, 5.74) is 1.32. The Bertz CT molecular complexity index is 830. The van der Waals surface area contributed by atoms with E-state index in [9.17, 15) is 0 Å². The van der Waals surface area contributed by atoms with Crippen LogP contribution in [0, 0.1) is 6.92 Å². The number of benzene rings is 1. The predicted octanol–water partition coefficient (Wildman–Crippen LogP) is 3.49. The van der Waals surface area contributed by atoms with Crippen LogP contribution in [0.5, 0.6) is 0 Å². The molecule has 1 saturated heterocycles. The first-order valence-corrected chi connectivity index (χ1v) is 9.44. The zero-order valence-corrected chi connectivity index (χ0v) is 15.1. The van der Waals surface area contributed by atoms with Crippen molar-refractivity contribution in [1.82, 2.24) is 14.9 Å². The summed E-state index contributed by atoms with van der Waals surface area (Å²) in [6.07, 6.45) is 1.65. The molecule has 1 aliphatic heterocycles. The fourth-order valence-corrected chi connectivity index (χ4v) is 4.18. The molecule has 5 nitrogen and oxygen atoms in total. The lowest BCUT2D eigenvalue weighted by molar-refractivity contribution is 0.0187. The first-order chi connectivity index (χ1) is 12.3. The molecular formula is C19H22N4OS. The predicted molar refractivity (Wildman–Crippen MR) is 102 cm³/mol. The van der Waals surface area contributed by atoms with Crippen molar-refractivity contribution in [3.05, 3.63) is 53.2 Å². The Kier molecular flexibility index (Phi) is 4.92. The summed E-state index contributed by atoms with van der Waals surface area (Å²) in [6.45, 7) is 6.42. The number of hydrogen-bond acceptors (Lipinski definition) is 6. The molecule has 2 aromatic heterocycles. The number of nitrogens with zero attached hydrogens (tertiary/aromatic N) is 3. The molecule has 130 valence electrons. The van der Waals surface area contributed by atoms with E-state index in [0.29, 0.717) is 6.04 Å². The van der Waals surface area contributed by atoms with Gasteiger partial charge in [-0.1, -0.05) is 30.3 Å². The third-order valence-corrected chi connectivity index (χ3v) is 5.54. The molecular weight excluding hydrogens is 332 g/mol. The van der Waals surface area contributed by atoms with Gasteiger partial charge in [-0.15, -0.1) is 11.3 Å². The molecule has 0 bridgehead atoms. The lowest BCUT2D eigenvalue weighted by atomic mass is 10.0. The Morgan fingerprint density at radius 2 is 2.00 bits per heavy atom. The second-order valence-corrected chi connectivity index (χ2v) is 7.49. The minimum absolute atomic E-state index is 0.301. The van der Waals surface area contributed by atoms with Crippen molar-refractivity contribution in [3.63, 3.8) is 0 Å². The molecule has 1 aliphatic rings. The molecule has 1 atom stereocenters. The highest BCUT2D eigenvalue weighted by Crippen LogP contribution is 2.29. The van der Waals surface area contributed by atoms with E-state index in [-0.39, 0.29) is 0 Å². The lowest BCUT2D eigenvalue weighted by Gasteiger charge is -2.35. The van der Waals surface area contributed by atoms with Crippen LogP contribution in [0.25, 0.3) is 10.2 Å². The van der Waals surface area contributed by atoms with Crippen LogP contribution in [0.1, 0.15) is 16.5 Å². The summed E-state index contributed by atoms with van der Waals surface area (Å²) in [7, 11) is 0. The number of rotatable bonds is 5. The topological polar surface area (TPSA) is 50.3 Å². The maximum absolute atomic E-state index is 5.53. The number of ether oxygens (including phenoxy) is 1. The van der Waals surface area contributed by atoms with Crippen LogP contribution in [-0.2, 0) is 4.74 Å². The van der Waals surface area contributed by atoms with Gasteiger partial charge in [-0.25, -0.2) is 9.97 Å². The average molecular weight is 354 g/mol. The smallest absolute Gasteiger partial charge is 0.138 e. The van der Waals surface area contributed by atoms with E-state index in [1.807, 2.05) is 0 Å². The minimum Gasteiger partial charge on any atom is -0.379 e. The van der Waals surface area contributed by atoms with Crippen LogP contribution in [0.3, 0.4) is 0 Å². The Morgan fingerprint density at radius 1 is 1.20 bits per heavy atom. The molecule has 1 aromatic carbocycles. The Hall–Kier alpha value is -2.02. The quantitative estimate of drug-likeness (QED) is 0.760. The molecule has 25 heavy (non-hydrogen) atoms. The van der Waals surface area contributed by atoms with Crippen molar-refractivity contribution >= 4 is 27.4 Å². The normalized spacial score (nSPS) is 16.8. The zero-order chi connectivity index (χ0) is 17.1. The first-order valence-electron chi connectivity index (χ1n) is 8.63. The van der Waals surface area contributed by atoms with E-state index < -0.39 is 0 Å². The largest absolute Gasteiger partial charge is 0.379 e. The van der Waals surface area contributed by atoms with Crippen molar-refractivity contribution in [2.75, 3.05) is 38.2 Å². The van der Waals surface area contributed by atoms with Crippen molar-refractivity contribution in [3.8, 4) is 0 Å². The summed E-state index contributed by atoms with van der Waals surface area (Å²) in [4.78, 5) is 13.6. The molecule has 1 N–H and O–H groups in total. The van der Waals surface area contributed by atoms with Gasteiger partial charge < -0.3 is 10.1 Å². The second-order valence-electron chi connectivity index (χ2n) is 6.25. The van der Waals surface area contributed by atoms with Crippen molar-refractivity contribution in [2.24, 2.45) is 0 Å². The molecule has 0 aliphatic carbocycles. The number of nitrogens with one attached hydrogen (secondary N) is 1. The molecule has 3 aromatic rings. The molecule has 0 amide bonds. The van der Waals surface area contributed by atoms with Gasteiger partial charge in [0.25, 0.3) is 0 Å². The molecule has 0 spiro atoms. The minimum atomic E-state index is 0.301. The number of aromatic nitrogens is 2. The van der Waals surface area contributed by atoms with Crippen molar-refractivity contribution < 1.29 is 4.74 Å². The van der Waals surface area contributed by atoms with Gasteiger partial charge in [0.1, 0.15) is 17.0 Å². The number of aryl methyl sites for hydroxylation is 1. The molecule has 4 rings (SSSR count). The lowest BCUT2D eigenvalue weighted by Crippen LogP contribution is -2.41. The fourth-order valence-electron chi connectivity index (χ4n) is 3.33. The number of thiophene rings is 1. The standard InChI is InChI=1S/C19H22N4OS/c1-14-11-16-18(21-13-22-19(16)25-14)20-12-17(15-5-3-2-4-6-15)23-7-9-24-10-8-23/h2-6,11,13,17H,7-10,12H2,1H3,(H,20,21,22). The van der Waals surface area contributed by atoms with Gasteiger partial charge in [-0.2, -0.15) is 0 Å². The molecule has 6 heteroatoms. The van der Waals surface area contributed by atoms with E-state index in [2.05, 4.69) is 63.5 Å². The van der Waals surface area contributed by atoms with Crippen molar-refractivity contribution in [2.45, 2.75) is 13.0 Å². The highest BCUT2D eigenvalue weighted by Gasteiger charge is 2.22. The zero-order valence-electron chi connectivity index (χ0n) is 14.3. The second kappa shape index (κ2) is 7.47. The van der Waals surface area contributed by atoms with E-state index in [1.165, 1.54) is 10.4 Å². The fraction of sp³-hybridized carbons (Fsp3) is 0.368. The van der Waals surface area contributed by atoms with Crippen LogP contribution in [0.15, 0.2) is 42.7 Å². The van der Waals surface area contributed by atoms with Gasteiger partial charge in [0, 0.05) is 24.5 Å². The average Bonchev–Trinajstić information content (AvgIpc) is 3.05. The van der Waals surface area contributed by atoms with Crippen LogP contribution in [0.4, 0.5) is 5.82 Å². The van der Waals surface area contributed by atoms with E-state index in [0.717, 1.165) is 48.9 Å². The molecule has 1 fully saturated rings. The first kappa shape index (κ1) is 16.4. The SMILES string of the molecule is Cc1cc2c(NCC(c3ccccc3)N3CCOCC3)ncnc2s1. The summed E-state index contributed by atoms with van der Waals surface area (Å²) in [5, 5.41) is 4.68.